The Kier molecular flexibility index (Phi) is 10.8. The molecule has 0 aromatic carbocycles. The van der Waals surface area contributed by atoms with E-state index in [1.54, 1.807) is 0 Å². The molecule has 1 atom stereocenters. The Bertz CT molecular complexity index is 667. The summed E-state index contributed by atoms with van der Waals surface area (Å²) in [5.41, 5.74) is 1.08. The number of nitriles is 1. The van der Waals surface area contributed by atoms with Gasteiger partial charge in [-0.2, -0.15) is 10.4 Å². The number of hydrogen-bond donors (Lipinski definition) is 0. The second kappa shape index (κ2) is 13.8. The van der Waals surface area contributed by atoms with Crippen molar-refractivity contribution in [2.24, 2.45) is 29.6 Å². The molecule has 2 saturated carbocycles. The highest BCUT2D eigenvalue weighted by atomic mass is 16.5. The molecule has 4 nitrogen and oxygen atoms in total. The van der Waals surface area contributed by atoms with Gasteiger partial charge in [-0.3, -0.25) is 0 Å². The van der Waals surface area contributed by atoms with Crippen molar-refractivity contribution in [2.75, 3.05) is 6.61 Å². The molecule has 0 amide bonds. The zero-order valence-corrected chi connectivity index (χ0v) is 20.6. The van der Waals surface area contributed by atoms with E-state index in [4.69, 9.17) is 4.74 Å². The molecule has 0 aliphatic heterocycles. The van der Waals surface area contributed by atoms with Crippen LogP contribution in [-0.4, -0.2) is 16.8 Å². The Morgan fingerprint density at radius 2 is 1.59 bits per heavy atom. The van der Waals surface area contributed by atoms with Crippen molar-refractivity contribution in [3.05, 3.63) is 17.8 Å². The Balaban J connectivity index is 1.33. The van der Waals surface area contributed by atoms with Crippen molar-refractivity contribution < 1.29 is 4.74 Å². The predicted octanol–water partition coefficient (Wildman–Crippen LogP) is 7.53. The highest BCUT2D eigenvalue weighted by Crippen LogP contribution is 2.41. The average molecular weight is 440 g/mol. The molecule has 4 heteroatoms. The monoisotopic (exact) mass is 439 g/mol. The van der Waals surface area contributed by atoms with Crippen molar-refractivity contribution in [3.63, 3.8) is 0 Å². The summed E-state index contributed by atoms with van der Waals surface area (Å²) in [5.74, 6) is 4.11. The van der Waals surface area contributed by atoms with Gasteiger partial charge >= 0.3 is 0 Å². The molecule has 1 aromatic rings. The smallest absolute Gasteiger partial charge is 0.233 e. The van der Waals surface area contributed by atoms with Crippen LogP contribution in [0.2, 0.25) is 0 Å². The molecule has 3 rings (SSSR count). The average Bonchev–Trinajstić information content (AvgIpc) is 2.84. The maximum absolute atomic E-state index is 9.85. The summed E-state index contributed by atoms with van der Waals surface area (Å²) in [4.78, 5) is 0. The van der Waals surface area contributed by atoms with Gasteiger partial charge in [0.25, 0.3) is 0 Å². The van der Waals surface area contributed by atoms with E-state index in [1.807, 2.05) is 6.07 Å². The first kappa shape index (κ1) is 25.0. The van der Waals surface area contributed by atoms with Crippen molar-refractivity contribution in [3.8, 4) is 11.9 Å². The Morgan fingerprint density at radius 3 is 2.22 bits per heavy atom. The third-order valence-corrected chi connectivity index (χ3v) is 8.13. The highest BCUT2D eigenvalue weighted by molar-refractivity contribution is 5.11. The lowest BCUT2D eigenvalue weighted by atomic mass is 9.70. The molecule has 2 fully saturated rings. The van der Waals surface area contributed by atoms with Gasteiger partial charge in [-0.15, -0.1) is 5.10 Å². The van der Waals surface area contributed by atoms with E-state index >= 15 is 0 Å². The fraction of sp³-hybridized carbons (Fsp3) is 0.821. The third kappa shape index (κ3) is 8.05. The Morgan fingerprint density at radius 1 is 0.906 bits per heavy atom. The van der Waals surface area contributed by atoms with Crippen LogP contribution < -0.4 is 4.74 Å². The second-order valence-corrected chi connectivity index (χ2v) is 10.5. The van der Waals surface area contributed by atoms with Crippen LogP contribution >= 0.6 is 0 Å². The van der Waals surface area contributed by atoms with Crippen LogP contribution in [0.4, 0.5) is 0 Å². The number of hydrogen-bond acceptors (Lipinski definition) is 4. The summed E-state index contributed by atoms with van der Waals surface area (Å²) in [5, 5.41) is 18.4. The lowest BCUT2D eigenvalue weighted by molar-refractivity contribution is 0.178. The van der Waals surface area contributed by atoms with Gasteiger partial charge in [0.1, 0.15) is 0 Å². The van der Waals surface area contributed by atoms with Gasteiger partial charge in [0.2, 0.25) is 5.88 Å². The van der Waals surface area contributed by atoms with Gasteiger partial charge in [0, 0.05) is 12.0 Å². The lowest BCUT2D eigenvalue weighted by Gasteiger charge is -2.34. The molecule has 0 radical (unpaired) electrons. The normalized spacial score (nSPS) is 26.9. The number of rotatable bonds is 12. The number of ether oxygens (including phenoxy) is 1. The van der Waals surface area contributed by atoms with Crippen LogP contribution in [0.5, 0.6) is 5.88 Å². The summed E-state index contributed by atoms with van der Waals surface area (Å²) in [6.07, 6.45) is 18.8. The first-order valence-electron chi connectivity index (χ1n) is 13.6. The SMILES string of the molecule is CCCCOc1ccc(CC[C@H]2CC[C@H](CC(C#N)[C@H]3CC[C@H](CCC)CC3)CC2)nn1. The third-order valence-electron chi connectivity index (χ3n) is 8.13. The molecule has 0 N–H and O–H groups in total. The van der Waals surface area contributed by atoms with Crippen molar-refractivity contribution in [1.29, 1.82) is 5.26 Å². The number of aryl methyl sites for hydroxylation is 1. The molecule has 2 aliphatic rings. The molecule has 0 bridgehead atoms. The molecular formula is C28H45N3O. The van der Waals surface area contributed by atoms with E-state index in [2.05, 4.69) is 36.2 Å². The van der Waals surface area contributed by atoms with Crippen LogP contribution in [0.15, 0.2) is 12.1 Å². The van der Waals surface area contributed by atoms with Gasteiger partial charge in [-0.1, -0.05) is 71.6 Å². The number of aromatic nitrogens is 2. The predicted molar refractivity (Wildman–Crippen MR) is 130 cm³/mol. The van der Waals surface area contributed by atoms with E-state index in [0.29, 0.717) is 17.7 Å². The lowest BCUT2D eigenvalue weighted by Crippen LogP contribution is -2.24. The minimum Gasteiger partial charge on any atom is -0.477 e. The first-order chi connectivity index (χ1) is 15.7. The quantitative estimate of drug-likeness (QED) is 0.316. The van der Waals surface area contributed by atoms with Crippen LogP contribution in [-0.2, 0) is 6.42 Å². The Hall–Kier alpha value is -1.63. The molecule has 0 saturated heterocycles. The van der Waals surface area contributed by atoms with E-state index in [9.17, 15) is 5.26 Å². The van der Waals surface area contributed by atoms with Crippen LogP contribution in [0.3, 0.4) is 0 Å². The van der Waals surface area contributed by atoms with Gasteiger partial charge in [-0.05, 0) is 68.3 Å². The fourth-order valence-electron chi connectivity index (χ4n) is 5.98. The number of unbranched alkanes of at least 4 members (excludes halogenated alkanes) is 1. The molecule has 0 spiro atoms. The standard InChI is InChI=1S/C28H45N3O/c1-3-5-19-32-28-18-17-27(30-31-28)16-13-23-7-9-24(10-8-23)20-26(21-29)25-14-11-22(6-4-2)12-15-25/h17-18,22-26H,3-16,19-20H2,1-2H3/t22-,23-,24-,25-,26?. The number of nitrogens with zero attached hydrogens (tertiary/aromatic N) is 3. The topological polar surface area (TPSA) is 58.8 Å². The van der Waals surface area contributed by atoms with Crippen LogP contribution in [0, 0.1) is 40.9 Å². The van der Waals surface area contributed by atoms with Crippen molar-refractivity contribution >= 4 is 0 Å². The van der Waals surface area contributed by atoms with Gasteiger partial charge < -0.3 is 4.74 Å². The van der Waals surface area contributed by atoms with Crippen LogP contribution in [0.1, 0.15) is 109 Å². The van der Waals surface area contributed by atoms with Gasteiger partial charge in [0.05, 0.1) is 18.4 Å². The molecular weight excluding hydrogens is 394 g/mol. The summed E-state index contributed by atoms with van der Waals surface area (Å²) in [6.45, 7) is 5.18. The largest absolute Gasteiger partial charge is 0.477 e. The molecule has 2 aliphatic carbocycles. The summed E-state index contributed by atoms with van der Waals surface area (Å²) in [7, 11) is 0. The first-order valence-corrected chi connectivity index (χ1v) is 13.6. The second-order valence-electron chi connectivity index (χ2n) is 10.5. The summed E-state index contributed by atoms with van der Waals surface area (Å²) >= 11 is 0. The summed E-state index contributed by atoms with van der Waals surface area (Å²) < 4.78 is 5.61. The molecule has 178 valence electrons. The molecule has 32 heavy (non-hydrogen) atoms. The van der Waals surface area contributed by atoms with Crippen molar-refractivity contribution in [1.82, 2.24) is 10.2 Å². The molecule has 1 unspecified atom stereocenters. The Labute approximate surface area is 196 Å². The van der Waals surface area contributed by atoms with Gasteiger partial charge in [0.15, 0.2) is 0 Å². The minimum absolute atomic E-state index is 0.299. The minimum atomic E-state index is 0.299. The zero-order valence-electron chi connectivity index (χ0n) is 20.6. The van der Waals surface area contributed by atoms with Crippen molar-refractivity contribution in [2.45, 2.75) is 110 Å². The van der Waals surface area contributed by atoms with E-state index < -0.39 is 0 Å². The fourth-order valence-corrected chi connectivity index (χ4v) is 5.98. The van der Waals surface area contributed by atoms with E-state index in [0.717, 1.165) is 55.7 Å². The highest BCUT2D eigenvalue weighted by Gasteiger charge is 2.30. The molecule has 1 aromatic heterocycles. The van der Waals surface area contributed by atoms with Crippen LogP contribution in [0.25, 0.3) is 0 Å². The zero-order chi connectivity index (χ0) is 22.6. The van der Waals surface area contributed by atoms with Gasteiger partial charge in [-0.25, -0.2) is 0 Å². The van der Waals surface area contributed by atoms with E-state index in [-0.39, 0.29) is 0 Å². The maximum Gasteiger partial charge on any atom is 0.233 e. The summed E-state index contributed by atoms with van der Waals surface area (Å²) in [6, 6.07) is 6.76. The molecule has 1 heterocycles. The maximum atomic E-state index is 9.85. The van der Waals surface area contributed by atoms with E-state index in [1.165, 1.54) is 70.6 Å².